The van der Waals surface area contributed by atoms with Crippen LogP contribution in [-0.4, -0.2) is 33.7 Å². The molecular formula is C20H26N2O4S. The Morgan fingerprint density at radius 3 is 2.30 bits per heavy atom. The van der Waals surface area contributed by atoms with Gasteiger partial charge in [-0.05, 0) is 68.7 Å². The van der Waals surface area contributed by atoms with E-state index in [1.54, 1.807) is 31.2 Å². The standard InChI is InChI=1S/C20H26N2O4S/c1-13-7-10-19(26-5)18(11-13)21-20(23)16(4)22(27(6,24)25)17-9-8-14(2)15(3)12-17/h7-12,16H,1-6H3,(H,21,23)/t16-/m0/s1. The van der Waals surface area contributed by atoms with E-state index in [1.165, 1.54) is 7.11 Å². The molecule has 2 aromatic carbocycles. The van der Waals surface area contributed by atoms with Crippen molar-refractivity contribution in [1.82, 2.24) is 0 Å². The molecule has 0 bridgehead atoms. The maximum absolute atomic E-state index is 12.8. The van der Waals surface area contributed by atoms with E-state index in [-0.39, 0.29) is 0 Å². The smallest absolute Gasteiger partial charge is 0.248 e. The Hall–Kier alpha value is -2.54. The number of hydrogen-bond donors (Lipinski definition) is 1. The number of ether oxygens (including phenoxy) is 1. The third kappa shape index (κ3) is 4.80. The number of sulfonamides is 1. The van der Waals surface area contributed by atoms with E-state index in [4.69, 9.17) is 4.74 Å². The molecule has 6 nitrogen and oxygen atoms in total. The van der Waals surface area contributed by atoms with Gasteiger partial charge in [0.1, 0.15) is 11.8 Å². The molecule has 0 aliphatic carbocycles. The Morgan fingerprint density at radius 2 is 1.74 bits per heavy atom. The van der Waals surface area contributed by atoms with Crippen molar-refractivity contribution in [2.24, 2.45) is 0 Å². The van der Waals surface area contributed by atoms with Crippen molar-refractivity contribution in [3.63, 3.8) is 0 Å². The Kier molecular flexibility index (Phi) is 6.15. The summed E-state index contributed by atoms with van der Waals surface area (Å²) in [5.74, 6) is 0.0702. The van der Waals surface area contributed by atoms with Gasteiger partial charge in [0.15, 0.2) is 0 Å². The van der Waals surface area contributed by atoms with Crippen LogP contribution in [0.4, 0.5) is 11.4 Å². The molecule has 0 aromatic heterocycles. The molecule has 1 amide bonds. The van der Waals surface area contributed by atoms with E-state index >= 15 is 0 Å². The minimum atomic E-state index is -3.67. The maximum Gasteiger partial charge on any atom is 0.248 e. The fraction of sp³-hybridized carbons (Fsp3) is 0.350. The van der Waals surface area contributed by atoms with E-state index in [1.807, 2.05) is 32.9 Å². The van der Waals surface area contributed by atoms with Gasteiger partial charge in [0.2, 0.25) is 15.9 Å². The zero-order valence-corrected chi connectivity index (χ0v) is 17.3. The van der Waals surface area contributed by atoms with E-state index in [0.717, 1.165) is 27.3 Å². The van der Waals surface area contributed by atoms with Crippen LogP contribution in [0.2, 0.25) is 0 Å². The first kappa shape index (κ1) is 20.8. The Balaban J connectivity index is 2.38. The van der Waals surface area contributed by atoms with Crippen molar-refractivity contribution in [2.75, 3.05) is 23.0 Å². The SMILES string of the molecule is COc1ccc(C)cc1NC(=O)[C@H](C)N(c1ccc(C)c(C)c1)S(C)(=O)=O. The first-order valence-corrected chi connectivity index (χ1v) is 10.4. The van der Waals surface area contributed by atoms with Gasteiger partial charge in [0.05, 0.1) is 24.7 Å². The number of amides is 1. The summed E-state index contributed by atoms with van der Waals surface area (Å²) in [6.45, 7) is 7.32. The number of carbonyl (C=O) groups is 1. The number of rotatable bonds is 6. The summed E-state index contributed by atoms with van der Waals surface area (Å²) >= 11 is 0. The highest BCUT2D eigenvalue weighted by atomic mass is 32.2. The molecule has 0 heterocycles. The summed E-state index contributed by atoms with van der Waals surface area (Å²) in [6, 6.07) is 9.80. The van der Waals surface area contributed by atoms with E-state index in [2.05, 4.69) is 5.32 Å². The van der Waals surface area contributed by atoms with Gasteiger partial charge in [0, 0.05) is 0 Å². The minimum Gasteiger partial charge on any atom is -0.495 e. The molecule has 0 saturated heterocycles. The second-order valence-electron chi connectivity index (χ2n) is 6.70. The lowest BCUT2D eigenvalue weighted by molar-refractivity contribution is -0.116. The van der Waals surface area contributed by atoms with Crippen LogP contribution in [0.5, 0.6) is 5.75 Å². The molecule has 146 valence electrons. The zero-order valence-electron chi connectivity index (χ0n) is 16.5. The summed E-state index contributed by atoms with van der Waals surface area (Å²) in [6.07, 6.45) is 1.10. The Labute approximate surface area is 161 Å². The molecule has 27 heavy (non-hydrogen) atoms. The average molecular weight is 391 g/mol. The van der Waals surface area contributed by atoms with Crippen LogP contribution in [0.1, 0.15) is 23.6 Å². The first-order valence-electron chi connectivity index (χ1n) is 8.56. The topological polar surface area (TPSA) is 75.7 Å². The summed E-state index contributed by atoms with van der Waals surface area (Å²) in [5, 5.41) is 2.78. The third-order valence-corrected chi connectivity index (χ3v) is 5.69. The molecule has 7 heteroatoms. The molecule has 0 aliphatic rings. The molecule has 0 unspecified atom stereocenters. The summed E-state index contributed by atoms with van der Waals surface area (Å²) in [7, 11) is -2.15. The van der Waals surface area contributed by atoms with Crippen molar-refractivity contribution >= 4 is 27.3 Å². The molecule has 0 radical (unpaired) electrons. The molecule has 0 aliphatic heterocycles. The predicted octanol–water partition coefficient (Wildman–Crippen LogP) is 3.41. The van der Waals surface area contributed by atoms with Crippen LogP contribution < -0.4 is 14.4 Å². The second kappa shape index (κ2) is 8.00. The quantitative estimate of drug-likeness (QED) is 0.820. The lowest BCUT2D eigenvalue weighted by atomic mass is 10.1. The normalized spacial score (nSPS) is 12.4. The fourth-order valence-corrected chi connectivity index (χ4v) is 3.99. The molecule has 2 aromatic rings. The second-order valence-corrected chi connectivity index (χ2v) is 8.56. The number of hydrogen-bond acceptors (Lipinski definition) is 4. The highest BCUT2D eigenvalue weighted by Gasteiger charge is 2.29. The van der Waals surface area contributed by atoms with Crippen molar-refractivity contribution in [2.45, 2.75) is 33.7 Å². The lowest BCUT2D eigenvalue weighted by Gasteiger charge is -2.29. The van der Waals surface area contributed by atoms with E-state index in [9.17, 15) is 13.2 Å². The number of carbonyl (C=O) groups excluding carboxylic acids is 1. The fourth-order valence-electron chi connectivity index (χ4n) is 2.83. The predicted molar refractivity (Wildman–Crippen MR) is 109 cm³/mol. The highest BCUT2D eigenvalue weighted by Crippen LogP contribution is 2.27. The van der Waals surface area contributed by atoms with Crippen LogP contribution >= 0.6 is 0 Å². The number of nitrogens with zero attached hydrogens (tertiary/aromatic N) is 1. The van der Waals surface area contributed by atoms with Gasteiger partial charge in [-0.25, -0.2) is 8.42 Å². The number of nitrogens with one attached hydrogen (secondary N) is 1. The molecule has 2 rings (SSSR count). The number of methoxy groups -OCH3 is 1. The first-order chi connectivity index (χ1) is 12.5. The molecular weight excluding hydrogens is 364 g/mol. The lowest BCUT2D eigenvalue weighted by Crippen LogP contribution is -2.45. The maximum atomic E-state index is 12.8. The summed E-state index contributed by atoms with van der Waals surface area (Å²) in [4.78, 5) is 12.8. The van der Waals surface area contributed by atoms with Crippen LogP contribution in [0.15, 0.2) is 36.4 Å². The van der Waals surface area contributed by atoms with Crippen molar-refractivity contribution in [3.05, 3.63) is 53.1 Å². The Bertz CT molecular complexity index is 954. The van der Waals surface area contributed by atoms with E-state index in [0.29, 0.717) is 17.1 Å². The van der Waals surface area contributed by atoms with Crippen LogP contribution in [0, 0.1) is 20.8 Å². The van der Waals surface area contributed by atoms with Crippen LogP contribution in [-0.2, 0) is 14.8 Å². The average Bonchev–Trinajstić information content (AvgIpc) is 2.57. The largest absolute Gasteiger partial charge is 0.495 e. The van der Waals surface area contributed by atoms with Gasteiger partial charge >= 0.3 is 0 Å². The van der Waals surface area contributed by atoms with Gasteiger partial charge < -0.3 is 10.1 Å². The zero-order chi connectivity index (χ0) is 20.4. The third-order valence-electron chi connectivity index (χ3n) is 4.45. The summed E-state index contributed by atoms with van der Waals surface area (Å²) in [5.41, 5.74) is 3.91. The van der Waals surface area contributed by atoms with Crippen molar-refractivity contribution < 1.29 is 17.9 Å². The van der Waals surface area contributed by atoms with Gasteiger partial charge in [-0.1, -0.05) is 12.1 Å². The molecule has 0 fully saturated rings. The monoisotopic (exact) mass is 390 g/mol. The van der Waals surface area contributed by atoms with Crippen molar-refractivity contribution in [3.8, 4) is 5.75 Å². The summed E-state index contributed by atoms with van der Waals surface area (Å²) < 4.78 is 31.3. The van der Waals surface area contributed by atoms with Gasteiger partial charge in [-0.3, -0.25) is 9.10 Å². The molecule has 1 atom stereocenters. The van der Waals surface area contributed by atoms with Gasteiger partial charge in [-0.15, -0.1) is 0 Å². The minimum absolute atomic E-state index is 0.442. The van der Waals surface area contributed by atoms with Crippen molar-refractivity contribution in [1.29, 1.82) is 0 Å². The molecule has 1 N–H and O–H groups in total. The van der Waals surface area contributed by atoms with Crippen LogP contribution in [0.25, 0.3) is 0 Å². The van der Waals surface area contributed by atoms with Crippen LogP contribution in [0.3, 0.4) is 0 Å². The molecule has 0 saturated carbocycles. The number of aryl methyl sites for hydroxylation is 3. The van der Waals surface area contributed by atoms with Gasteiger partial charge in [-0.2, -0.15) is 0 Å². The number of anilines is 2. The van der Waals surface area contributed by atoms with Gasteiger partial charge in [0.25, 0.3) is 0 Å². The molecule has 0 spiro atoms. The number of benzene rings is 2. The van der Waals surface area contributed by atoms with E-state index < -0.39 is 22.0 Å². The Morgan fingerprint density at radius 1 is 1.07 bits per heavy atom. The highest BCUT2D eigenvalue weighted by molar-refractivity contribution is 7.92.